The Morgan fingerprint density at radius 1 is 0.660 bits per heavy atom. The van der Waals surface area contributed by atoms with E-state index in [1.54, 1.807) is 0 Å². The van der Waals surface area contributed by atoms with Crippen LogP contribution in [0, 0.1) is 0 Å². The predicted octanol–water partition coefficient (Wildman–Crippen LogP) is 9.32. The van der Waals surface area contributed by atoms with Gasteiger partial charge in [0, 0.05) is 27.4 Å². The molecule has 0 aliphatic carbocycles. The van der Waals surface area contributed by atoms with Gasteiger partial charge in [0.15, 0.2) is 0 Å². The Morgan fingerprint density at radius 2 is 1.19 bits per heavy atom. The summed E-state index contributed by atoms with van der Waals surface area (Å²) in [5.41, 5.74) is 5.32. The summed E-state index contributed by atoms with van der Waals surface area (Å²) in [4.78, 5) is 0. The molecule has 0 amide bonds. The van der Waals surface area contributed by atoms with Crippen molar-refractivity contribution < 1.29 is 8.95 Å². The first-order valence-electron chi connectivity index (χ1n) is 16.4. The van der Waals surface area contributed by atoms with Crippen molar-refractivity contribution in [1.82, 2.24) is 4.72 Å². The minimum atomic E-state index is -1.32. The predicted molar refractivity (Wildman–Crippen MR) is 202 cm³/mol. The molecule has 1 N–H and O–H groups in total. The standard InChI is InChI=1S/C42H46NO2PS/c1-40(2,3)30-27-25-29(26-28-30)37(43-47(44)41(4,5)6)33-21-15-22-34-38(33)45-39-35(42(34,7)8)23-16-24-36(39)46(31-17-11-9-12-18-31)32-19-13-10-14-20-32/h9-28,37,43H,1-8H3/t37-,47+/m0/s1. The van der Waals surface area contributed by atoms with E-state index in [1.807, 2.05) is 20.8 Å². The van der Waals surface area contributed by atoms with Crippen LogP contribution in [0.25, 0.3) is 0 Å². The average Bonchev–Trinajstić information content (AvgIpc) is 3.04. The van der Waals surface area contributed by atoms with Crippen molar-refractivity contribution in [2.75, 3.05) is 0 Å². The third-order valence-corrected chi connectivity index (χ3v) is 13.1. The van der Waals surface area contributed by atoms with Gasteiger partial charge in [-0.1, -0.05) is 156 Å². The van der Waals surface area contributed by atoms with Crippen molar-refractivity contribution in [3.8, 4) is 11.5 Å². The second-order valence-electron chi connectivity index (χ2n) is 14.9. The summed E-state index contributed by atoms with van der Waals surface area (Å²) in [7, 11) is -2.21. The van der Waals surface area contributed by atoms with Crippen molar-refractivity contribution >= 4 is 34.8 Å². The summed E-state index contributed by atoms with van der Waals surface area (Å²) in [5, 5.41) is 3.75. The van der Waals surface area contributed by atoms with Crippen molar-refractivity contribution in [3.63, 3.8) is 0 Å². The zero-order chi connectivity index (χ0) is 33.6. The van der Waals surface area contributed by atoms with Crippen LogP contribution in [0.15, 0.2) is 121 Å². The monoisotopic (exact) mass is 659 g/mol. The van der Waals surface area contributed by atoms with Gasteiger partial charge in [0.2, 0.25) is 0 Å². The van der Waals surface area contributed by atoms with Gasteiger partial charge in [-0.3, -0.25) is 0 Å². The number of fused-ring (bicyclic) bond motifs is 2. The van der Waals surface area contributed by atoms with Gasteiger partial charge in [-0.25, -0.2) is 8.93 Å². The number of rotatable bonds is 7. The summed E-state index contributed by atoms with van der Waals surface area (Å²) >= 11 is 0. The molecule has 0 radical (unpaired) electrons. The first-order chi connectivity index (χ1) is 22.3. The van der Waals surface area contributed by atoms with Crippen LogP contribution in [0.3, 0.4) is 0 Å². The first-order valence-corrected chi connectivity index (χ1v) is 18.9. The molecule has 0 bridgehead atoms. The second-order valence-corrected chi connectivity index (χ2v) is 19.1. The van der Waals surface area contributed by atoms with Gasteiger partial charge in [-0.15, -0.1) is 0 Å². The molecule has 6 rings (SSSR count). The fraction of sp³-hybridized carbons (Fsp3) is 0.286. The normalized spacial score (nSPS) is 15.3. The van der Waals surface area contributed by atoms with Gasteiger partial charge >= 0.3 is 0 Å². The van der Waals surface area contributed by atoms with Crippen LogP contribution in [-0.4, -0.2) is 8.96 Å². The van der Waals surface area contributed by atoms with E-state index in [4.69, 9.17) is 4.74 Å². The molecular formula is C42H46NO2PS. The molecule has 1 aliphatic rings. The Bertz CT molecular complexity index is 1850. The number of nitrogens with one attached hydrogen (secondary N) is 1. The van der Waals surface area contributed by atoms with Gasteiger partial charge in [0.25, 0.3) is 0 Å². The van der Waals surface area contributed by atoms with E-state index in [9.17, 15) is 4.21 Å². The smallest absolute Gasteiger partial charge is 0.139 e. The van der Waals surface area contributed by atoms with Crippen LogP contribution < -0.4 is 25.4 Å². The minimum absolute atomic E-state index is 0.0324. The number of hydrogen-bond acceptors (Lipinski definition) is 2. The van der Waals surface area contributed by atoms with Crippen LogP contribution in [0.4, 0.5) is 0 Å². The zero-order valence-electron chi connectivity index (χ0n) is 28.8. The topological polar surface area (TPSA) is 38.3 Å². The fourth-order valence-electron chi connectivity index (χ4n) is 6.29. The van der Waals surface area contributed by atoms with E-state index in [0.29, 0.717) is 0 Å². The van der Waals surface area contributed by atoms with Crippen LogP contribution in [0.5, 0.6) is 11.5 Å². The van der Waals surface area contributed by atoms with Crippen LogP contribution >= 0.6 is 7.92 Å². The van der Waals surface area contributed by atoms with E-state index in [-0.39, 0.29) is 16.9 Å². The Morgan fingerprint density at radius 3 is 1.72 bits per heavy atom. The molecule has 0 unspecified atom stereocenters. The number of hydrogen-bond donors (Lipinski definition) is 1. The maximum Gasteiger partial charge on any atom is 0.139 e. The molecule has 0 spiro atoms. The highest BCUT2D eigenvalue weighted by atomic mass is 32.2. The van der Waals surface area contributed by atoms with Crippen LogP contribution in [-0.2, 0) is 21.8 Å². The fourth-order valence-corrected chi connectivity index (χ4v) is 9.52. The molecule has 5 heteroatoms. The highest BCUT2D eigenvalue weighted by Gasteiger charge is 2.39. The lowest BCUT2D eigenvalue weighted by molar-refractivity contribution is 0.413. The number of ether oxygens (including phenoxy) is 1. The maximum absolute atomic E-state index is 13.8. The molecule has 2 atom stereocenters. The maximum atomic E-state index is 13.8. The van der Waals surface area contributed by atoms with Crippen molar-refractivity contribution in [3.05, 3.63) is 149 Å². The molecule has 242 valence electrons. The zero-order valence-corrected chi connectivity index (χ0v) is 30.5. The van der Waals surface area contributed by atoms with Gasteiger partial charge in [-0.2, -0.15) is 0 Å². The van der Waals surface area contributed by atoms with E-state index in [1.165, 1.54) is 27.0 Å². The SMILES string of the molecule is CC(C)(C)c1ccc([C@H](N[S@](=O)C(C)(C)C)c2cccc3c2Oc2c(P(c4ccccc4)c4ccccc4)cccc2C3(C)C)cc1. The molecular weight excluding hydrogens is 614 g/mol. The van der Waals surface area contributed by atoms with Crippen LogP contribution in [0.2, 0.25) is 0 Å². The van der Waals surface area contributed by atoms with Gasteiger partial charge in [-0.05, 0) is 55.8 Å². The van der Waals surface area contributed by atoms with Crippen LogP contribution in [0.1, 0.15) is 89.2 Å². The Balaban J connectivity index is 1.54. The Hall–Kier alpha value is -3.56. The molecule has 0 fully saturated rings. The lowest BCUT2D eigenvalue weighted by atomic mass is 9.74. The molecule has 0 aromatic heterocycles. The number of para-hydroxylation sites is 2. The Kier molecular flexibility index (Phi) is 9.09. The molecule has 47 heavy (non-hydrogen) atoms. The average molecular weight is 660 g/mol. The second kappa shape index (κ2) is 12.8. The molecule has 5 aromatic carbocycles. The van der Waals surface area contributed by atoms with Crippen molar-refractivity contribution in [1.29, 1.82) is 0 Å². The molecule has 0 saturated heterocycles. The minimum Gasteiger partial charge on any atom is -0.456 e. The van der Waals surface area contributed by atoms with Crippen molar-refractivity contribution in [2.45, 2.75) is 77.0 Å². The van der Waals surface area contributed by atoms with Crippen molar-refractivity contribution in [2.24, 2.45) is 0 Å². The van der Waals surface area contributed by atoms with Gasteiger partial charge in [0.05, 0.1) is 21.8 Å². The summed E-state index contributed by atoms with van der Waals surface area (Å²) in [6.45, 7) is 17.3. The quantitative estimate of drug-likeness (QED) is 0.177. The summed E-state index contributed by atoms with van der Waals surface area (Å²) in [5.74, 6) is 1.77. The van der Waals surface area contributed by atoms with E-state index in [0.717, 1.165) is 28.2 Å². The third kappa shape index (κ3) is 6.61. The Labute approximate surface area is 285 Å². The molecule has 3 nitrogen and oxygen atoms in total. The molecule has 5 aromatic rings. The lowest BCUT2D eigenvalue weighted by Crippen LogP contribution is -2.37. The third-order valence-electron chi connectivity index (χ3n) is 9.06. The van der Waals surface area contributed by atoms with E-state index in [2.05, 4.69) is 161 Å². The largest absolute Gasteiger partial charge is 0.456 e. The summed E-state index contributed by atoms with van der Waals surface area (Å²) < 4.78 is 24.1. The first kappa shape index (κ1) is 33.3. The number of benzene rings is 5. The highest BCUT2D eigenvalue weighted by Crippen LogP contribution is 2.52. The lowest BCUT2D eigenvalue weighted by Gasteiger charge is -2.38. The van der Waals surface area contributed by atoms with E-state index >= 15 is 0 Å². The van der Waals surface area contributed by atoms with Gasteiger partial charge in [0.1, 0.15) is 11.5 Å². The van der Waals surface area contributed by atoms with E-state index < -0.39 is 23.7 Å². The summed E-state index contributed by atoms with van der Waals surface area (Å²) in [6, 6.07) is 43.1. The summed E-state index contributed by atoms with van der Waals surface area (Å²) in [6.07, 6.45) is 0. The highest BCUT2D eigenvalue weighted by molar-refractivity contribution is 7.84. The molecule has 1 heterocycles. The molecule has 0 saturated carbocycles. The van der Waals surface area contributed by atoms with Gasteiger partial charge < -0.3 is 4.74 Å². The molecule has 1 aliphatic heterocycles.